The maximum Gasteiger partial charge on any atom is 0.240 e. The number of benzene rings is 1. The summed E-state index contributed by atoms with van der Waals surface area (Å²) in [5.74, 6) is 0. The van der Waals surface area contributed by atoms with Gasteiger partial charge in [0.15, 0.2) is 0 Å². The van der Waals surface area contributed by atoms with Crippen LogP contribution in [0.25, 0.3) is 0 Å². The van der Waals surface area contributed by atoms with E-state index in [4.69, 9.17) is 0 Å². The fourth-order valence-electron chi connectivity index (χ4n) is 1.79. The SMILES string of the molecule is CCCC(C)(O)CNc1ccc(S(=O)(=O)NC)cc1. The molecule has 0 saturated carbocycles. The van der Waals surface area contributed by atoms with Crippen molar-refractivity contribution in [3.63, 3.8) is 0 Å². The van der Waals surface area contributed by atoms with E-state index in [9.17, 15) is 13.5 Å². The summed E-state index contributed by atoms with van der Waals surface area (Å²) in [6, 6.07) is 6.43. The summed E-state index contributed by atoms with van der Waals surface area (Å²) >= 11 is 0. The van der Waals surface area contributed by atoms with Gasteiger partial charge in [-0.2, -0.15) is 0 Å². The predicted octanol–water partition coefficient (Wildman–Crippen LogP) is 1.56. The van der Waals surface area contributed by atoms with Gasteiger partial charge >= 0.3 is 0 Å². The third-order valence-corrected chi connectivity index (χ3v) is 4.33. The number of hydrogen-bond acceptors (Lipinski definition) is 4. The van der Waals surface area contributed by atoms with E-state index in [1.807, 2.05) is 6.92 Å². The largest absolute Gasteiger partial charge is 0.388 e. The van der Waals surface area contributed by atoms with E-state index in [1.54, 1.807) is 19.1 Å². The van der Waals surface area contributed by atoms with Crippen molar-refractivity contribution < 1.29 is 13.5 Å². The molecule has 0 radical (unpaired) electrons. The monoisotopic (exact) mass is 286 g/mol. The number of anilines is 1. The van der Waals surface area contributed by atoms with Crippen molar-refractivity contribution in [3.05, 3.63) is 24.3 Å². The fraction of sp³-hybridized carbons (Fsp3) is 0.538. The molecule has 0 aliphatic rings. The Kier molecular flexibility index (Phi) is 5.34. The van der Waals surface area contributed by atoms with Crippen molar-refractivity contribution >= 4 is 15.7 Å². The lowest BCUT2D eigenvalue weighted by atomic mass is 10.0. The molecule has 108 valence electrons. The summed E-state index contributed by atoms with van der Waals surface area (Å²) in [4.78, 5) is 0.223. The molecule has 0 bridgehead atoms. The van der Waals surface area contributed by atoms with E-state index < -0.39 is 15.6 Å². The molecule has 1 rings (SSSR count). The first kappa shape index (κ1) is 15.9. The maximum absolute atomic E-state index is 11.5. The van der Waals surface area contributed by atoms with Gasteiger partial charge in [-0.25, -0.2) is 13.1 Å². The minimum atomic E-state index is -3.39. The zero-order chi connectivity index (χ0) is 14.5. The minimum Gasteiger partial charge on any atom is -0.388 e. The summed E-state index contributed by atoms with van der Waals surface area (Å²) in [6.07, 6.45) is 1.63. The van der Waals surface area contributed by atoms with Crippen LogP contribution in [0.2, 0.25) is 0 Å². The molecule has 0 amide bonds. The number of aliphatic hydroxyl groups is 1. The van der Waals surface area contributed by atoms with E-state index >= 15 is 0 Å². The molecule has 0 aliphatic carbocycles. The van der Waals surface area contributed by atoms with E-state index in [2.05, 4.69) is 10.0 Å². The highest BCUT2D eigenvalue weighted by molar-refractivity contribution is 7.89. The molecule has 0 saturated heterocycles. The molecule has 1 aromatic carbocycles. The van der Waals surface area contributed by atoms with E-state index in [1.165, 1.54) is 19.2 Å². The lowest BCUT2D eigenvalue weighted by Gasteiger charge is -2.23. The summed E-state index contributed by atoms with van der Waals surface area (Å²) in [5, 5.41) is 13.1. The summed E-state index contributed by atoms with van der Waals surface area (Å²) < 4.78 is 25.3. The molecule has 5 nitrogen and oxygen atoms in total. The van der Waals surface area contributed by atoms with Gasteiger partial charge in [-0.1, -0.05) is 13.3 Å². The van der Waals surface area contributed by atoms with E-state index in [0.29, 0.717) is 13.0 Å². The minimum absolute atomic E-state index is 0.223. The Bertz CT molecular complexity index is 495. The smallest absolute Gasteiger partial charge is 0.240 e. The van der Waals surface area contributed by atoms with Gasteiger partial charge in [0.1, 0.15) is 0 Å². The molecular formula is C13H22N2O3S. The molecule has 1 unspecified atom stereocenters. The van der Waals surface area contributed by atoms with Gasteiger partial charge in [-0.3, -0.25) is 0 Å². The fourth-order valence-corrected chi connectivity index (χ4v) is 2.52. The van der Waals surface area contributed by atoms with Gasteiger partial charge < -0.3 is 10.4 Å². The van der Waals surface area contributed by atoms with Crippen LogP contribution in [0.4, 0.5) is 5.69 Å². The Morgan fingerprint density at radius 3 is 2.32 bits per heavy atom. The first-order valence-corrected chi connectivity index (χ1v) is 7.79. The van der Waals surface area contributed by atoms with Crippen LogP contribution in [0, 0.1) is 0 Å². The van der Waals surface area contributed by atoms with E-state index in [0.717, 1.165) is 12.1 Å². The Morgan fingerprint density at radius 1 is 1.26 bits per heavy atom. The third-order valence-electron chi connectivity index (χ3n) is 2.90. The molecule has 0 spiro atoms. The van der Waals surface area contributed by atoms with Gasteiger partial charge in [-0.15, -0.1) is 0 Å². The molecule has 0 fully saturated rings. The lowest BCUT2D eigenvalue weighted by Crippen LogP contribution is -2.33. The van der Waals surface area contributed by atoms with Gasteiger partial charge in [-0.05, 0) is 44.7 Å². The Balaban J connectivity index is 2.68. The zero-order valence-electron chi connectivity index (χ0n) is 11.6. The molecular weight excluding hydrogens is 264 g/mol. The molecule has 19 heavy (non-hydrogen) atoms. The van der Waals surface area contributed by atoms with Crippen LogP contribution in [0.3, 0.4) is 0 Å². The van der Waals surface area contributed by atoms with Crippen LogP contribution in [-0.4, -0.2) is 32.7 Å². The second-order valence-corrected chi connectivity index (χ2v) is 6.72. The molecule has 0 aliphatic heterocycles. The van der Waals surface area contributed by atoms with Crippen molar-refractivity contribution in [2.75, 3.05) is 18.9 Å². The molecule has 0 aromatic heterocycles. The Hall–Kier alpha value is -1.11. The van der Waals surface area contributed by atoms with Crippen LogP contribution in [0.15, 0.2) is 29.2 Å². The second kappa shape index (κ2) is 6.36. The van der Waals surface area contributed by atoms with Crippen LogP contribution < -0.4 is 10.0 Å². The van der Waals surface area contributed by atoms with E-state index in [-0.39, 0.29) is 4.90 Å². The number of rotatable bonds is 7. The average molecular weight is 286 g/mol. The first-order chi connectivity index (χ1) is 8.80. The quantitative estimate of drug-likeness (QED) is 0.711. The third kappa shape index (κ3) is 4.81. The number of sulfonamides is 1. The Labute approximate surface area is 115 Å². The van der Waals surface area contributed by atoms with Crippen LogP contribution >= 0.6 is 0 Å². The molecule has 6 heteroatoms. The molecule has 0 heterocycles. The van der Waals surface area contributed by atoms with Crippen LogP contribution in [0.1, 0.15) is 26.7 Å². The highest BCUT2D eigenvalue weighted by Crippen LogP contribution is 2.16. The predicted molar refractivity (Wildman–Crippen MR) is 76.7 cm³/mol. The average Bonchev–Trinajstić information content (AvgIpc) is 2.37. The van der Waals surface area contributed by atoms with Gasteiger partial charge in [0.25, 0.3) is 0 Å². The lowest BCUT2D eigenvalue weighted by molar-refractivity contribution is 0.0637. The van der Waals surface area contributed by atoms with Crippen LogP contribution in [-0.2, 0) is 10.0 Å². The summed E-state index contributed by atoms with van der Waals surface area (Å²) in [7, 11) is -2.02. The van der Waals surface area contributed by atoms with Crippen molar-refractivity contribution in [2.24, 2.45) is 0 Å². The number of nitrogens with one attached hydrogen (secondary N) is 2. The first-order valence-electron chi connectivity index (χ1n) is 6.30. The van der Waals surface area contributed by atoms with Crippen molar-refractivity contribution in [1.82, 2.24) is 4.72 Å². The standard InChI is InChI=1S/C13H22N2O3S/c1-4-9-13(2,16)10-15-11-5-7-12(8-6-11)19(17,18)14-3/h5-8,14-16H,4,9-10H2,1-3H3. The Morgan fingerprint density at radius 2 is 1.84 bits per heavy atom. The highest BCUT2D eigenvalue weighted by Gasteiger charge is 2.18. The van der Waals surface area contributed by atoms with Crippen LogP contribution in [0.5, 0.6) is 0 Å². The van der Waals surface area contributed by atoms with Gasteiger partial charge in [0.05, 0.1) is 10.5 Å². The van der Waals surface area contributed by atoms with Crippen molar-refractivity contribution in [3.8, 4) is 0 Å². The van der Waals surface area contributed by atoms with Gasteiger partial charge in [0.2, 0.25) is 10.0 Å². The van der Waals surface area contributed by atoms with Crippen molar-refractivity contribution in [2.45, 2.75) is 37.2 Å². The topological polar surface area (TPSA) is 78.4 Å². The zero-order valence-corrected chi connectivity index (χ0v) is 12.4. The summed E-state index contributed by atoms with van der Waals surface area (Å²) in [5.41, 5.74) is 0.0243. The number of hydrogen-bond donors (Lipinski definition) is 3. The molecule has 1 atom stereocenters. The van der Waals surface area contributed by atoms with Crippen molar-refractivity contribution in [1.29, 1.82) is 0 Å². The molecule has 3 N–H and O–H groups in total. The normalized spacial score (nSPS) is 14.9. The highest BCUT2D eigenvalue weighted by atomic mass is 32.2. The molecule has 1 aromatic rings. The summed E-state index contributed by atoms with van der Waals surface area (Å²) in [6.45, 7) is 4.23. The second-order valence-electron chi connectivity index (χ2n) is 4.83. The van der Waals surface area contributed by atoms with Gasteiger partial charge in [0, 0.05) is 12.2 Å². The maximum atomic E-state index is 11.5.